The Morgan fingerprint density at radius 3 is 0.513 bits per heavy atom. The molecule has 113 heavy (non-hydrogen) atoms. The van der Waals surface area contributed by atoms with Gasteiger partial charge in [-0.15, -0.1) is 0 Å². The van der Waals surface area contributed by atoms with E-state index in [9.17, 15) is 38.4 Å². The van der Waals surface area contributed by atoms with E-state index in [4.69, 9.17) is 56.8 Å². The Kier molecular flexibility index (Phi) is 32.7. The molecule has 0 atom stereocenters. The number of hydrogen-bond donors (Lipinski definition) is 0. The van der Waals surface area contributed by atoms with Gasteiger partial charge < -0.3 is 56.8 Å². The summed E-state index contributed by atoms with van der Waals surface area (Å²) in [5, 5.41) is 0. The number of esters is 8. The molecular weight excluding hydrogens is 1440 g/mol. The summed E-state index contributed by atoms with van der Waals surface area (Å²) >= 11 is 0. The van der Waals surface area contributed by atoms with Gasteiger partial charge in [-0.25, -0.2) is 38.4 Å². The molecule has 0 aliphatic rings. The SMILES string of the molecule is CCCCCCCCCCOc1ccc(C(=O)Oc2ccc(C(=O)Oc3cccc(OC(=O)c4ccc(OC(=O)c5ccc(OCCCCCOc6ccc(C(=O)Oc7ccc(C(=O)Oc8cccc(OC(=O)c9ccc(OC(=O)c%10ccc(OCCCCCCCCCC)cc%10)cc9)c8)cc7)cc6)cc5)cc4)c3)cc2)cc1. The van der Waals surface area contributed by atoms with Gasteiger partial charge in [0.25, 0.3) is 0 Å². The first-order valence-electron chi connectivity index (χ1n) is 38.5. The second-order valence-corrected chi connectivity index (χ2v) is 26.7. The molecule has 0 aliphatic heterocycles. The highest BCUT2D eigenvalue weighted by molar-refractivity contribution is 5.96. The van der Waals surface area contributed by atoms with Gasteiger partial charge in [0, 0.05) is 12.1 Å². The van der Waals surface area contributed by atoms with Gasteiger partial charge in [0.05, 0.1) is 70.9 Å². The van der Waals surface area contributed by atoms with Gasteiger partial charge in [0.1, 0.15) is 69.0 Å². The Morgan fingerprint density at radius 1 is 0.177 bits per heavy atom. The van der Waals surface area contributed by atoms with Crippen molar-refractivity contribution in [2.45, 2.75) is 136 Å². The molecule has 20 heteroatoms. The van der Waals surface area contributed by atoms with Crippen molar-refractivity contribution >= 4 is 47.8 Å². The Bertz CT molecular complexity index is 4390. The van der Waals surface area contributed by atoms with Crippen molar-refractivity contribution in [2.24, 2.45) is 0 Å². The Hall–Kier alpha value is -12.8. The van der Waals surface area contributed by atoms with Crippen molar-refractivity contribution in [3.05, 3.63) is 287 Å². The molecule has 10 rings (SSSR count). The molecule has 10 aromatic rings. The summed E-state index contributed by atoms with van der Waals surface area (Å²) in [4.78, 5) is 104. The molecule has 584 valence electrons. The third-order valence-electron chi connectivity index (χ3n) is 17.9. The predicted molar refractivity (Wildman–Crippen MR) is 425 cm³/mol. The minimum absolute atomic E-state index is 0.115. The van der Waals surface area contributed by atoms with E-state index in [1.165, 1.54) is 211 Å². The maximum Gasteiger partial charge on any atom is 0.343 e. The summed E-state index contributed by atoms with van der Waals surface area (Å²) in [7, 11) is 0. The summed E-state index contributed by atoms with van der Waals surface area (Å²) < 4.78 is 67.9. The molecule has 0 aromatic heterocycles. The maximum absolute atomic E-state index is 13.1. The molecule has 0 unspecified atom stereocenters. The highest BCUT2D eigenvalue weighted by Gasteiger charge is 2.20. The molecule has 0 N–H and O–H groups in total. The van der Waals surface area contributed by atoms with E-state index in [0.29, 0.717) is 60.6 Å². The van der Waals surface area contributed by atoms with E-state index in [0.717, 1.165) is 44.9 Å². The molecule has 0 radical (unpaired) electrons. The molecule has 0 saturated heterocycles. The maximum atomic E-state index is 13.1. The monoisotopic (exact) mass is 1530 g/mol. The number of carbonyl (C=O) groups excluding carboxylic acids is 8. The average molecular weight is 1530 g/mol. The molecule has 0 spiro atoms. The fourth-order valence-electron chi connectivity index (χ4n) is 11.5. The van der Waals surface area contributed by atoms with Crippen LogP contribution >= 0.6 is 0 Å². The van der Waals surface area contributed by atoms with E-state index in [2.05, 4.69) is 13.8 Å². The van der Waals surface area contributed by atoms with E-state index in [1.807, 2.05) is 0 Å². The normalized spacial score (nSPS) is 10.8. The zero-order valence-electron chi connectivity index (χ0n) is 63.5. The molecule has 0 saturated carbocycles. The quantitative estimate of drug-likeness (QED) is 0.0196. The largest absolute Gasteiger partial charge is 0.494 e. The summed E-state index contributed by atoms with van der Waals surface area (Å²) in [6.45, 7) is 6.53. The van der Waals surface area contributed by atoms with Crippen molar-refractivity contribution in [3.63, 3.8) is 0 Å². The lowest BCUT2D eigenvalue weighted by molar-refractivity contribution is 0.0711. The molecule has 10 aromatic carbocycles. The van der Waals surface area contributed by atoms with Gasteiger partial charge in [-0.1, -0.05) is 116 Å². The van der Waals surface area contributed by atoms with Crippen LogP contribution in [0.1, 0.15) is 219 Å². The van der Waals surface area contributed by atoms with Crippen LogP contribution in [-0.4, -0.2) is 74.2 Å². The molecule has 0 aliphatic carbocycles. The number of unbranched alkanes of at least 4 members (excludes halogenated alkanes) is 16. The summed E-state index contributed by atoms with van der Waals surface area (Å²) in [6, 6.07) is 62.2. The third-order valence-corrected chi connectivity index (χ3v) is 17.9. The molecular formula is C93H92O20. The van der Waals surface area contributed by atoms with Crippen molar-refractivity contribution in [3.8, 4) is 69.0 Å². The highest BCUT2D eigenvalue weighted by Crippen LogP contribution is 2.28. The van der Waals surface area contributed by atoms with Gasteiger partial charge in [-0.05, 0) is 250 Å². The lowest BCUT2D eigenvalue weighted by Crippen LogP contribution is -2.11. The Labute approximate surface area is 658 Å². The third kappa shape index (κ3) is 27.9. The number of rotatable bonds is 44. The molecule has 0 bridgehead atoms. The zero-order valence-corrected chi connectivity index (χ0v) is 63.5. The molecule has 0 amide bonds. The fraction of sp³-hybridized carbons (Fsp3) is 0.269. The highest BCUT2D eigenvalue weighted by atomic mass is 16.6. The summed E-state index contributed by atoms with van der Waals surface area (Å²) in [6.07, 6.45) is 21.7. The van der Waals surface area contributed by atoms with Crippen LogP contribution in [0.25, 0.3) is 0 Å². The van der Waals surface area contributed by atoms with Crippen LogP contribution in [0.5, 0.6) is 69.0 Å². The second-order valence-electron chi connectivity index (χ2n) is 26.7. The second kappa shape index (κ2) is 44.7. The van der Waals surface area contributed by atoms with Gasteiger partial charge in [0.15, 0.2) is 0 Å². The first-order valence-corrected chi connectivity index (χ1v) is 38.5. The smallest absolute Gasteiger partial charge is 0.343 e. The van der Waals surface area contributed by atoms with E-state index in [-0.39, 0.29) is 79.4 Å². The molecule has 20 nitrogen and oxygen atoms in total. The fourth-order valence-corrected chi connectivity index (χ4v) is 11.5. The Balaban J connectivity index is 0.557. The number of ether oxygens (including phenoxy) is 12. The van der Waals surface area contributed by atoms with Crippen molar-refractivity contribution in [1.29, 1.82) is 0 Å². The minimum Gasteiger partial charge on any atom is -0.494 e. The lowest BCUT2D eigenvalue weighted by Gasteiger charge is -2.10. The van der Waals surface area contributed by atoms with Crippen molar-refractivity contribution < 1.29 is 95.2 Å². The van der Waals surface area contributed by atoms with Gasteiger partial charge in [-0.3, -0.25) is 0 Å². The first kappa shape index (κ1) is 82.6. The van der Waals surface area contributed by atoms with Gasteiger partial charge in [-0.2, -0.15) is 0 Å². The van der Waals surface area contributed by atoms with Crippen LogP contribution in [0.2, 0.25) is 0 Å². The van der Waals surface area contributed by atoms with Crippen LogP contribution in [0.15, 0.2) is 243 Å². The Morgan fingerprint density at radius 2 is 0.327 bits per heavy atom. The van der Waals surface area contributed by atoms with Crippen LogP contribution in [0.4, 0.5) is 0 Å². The summed E-state index contributed by atoms with van der Waals surface area (Å²) in [5.74, 6) is -1.31. The first-order chi connectivity index (χ1) is 55.2. The zero-order chi connectivity index (χ0) is 79.2. The topological polar surface area (TPSA) is 247 Å². The lowest BCUT2D eigenvalue weighted by atomic mass is 10.1. The van der Waals surface area contributed by atoms with Crippen LogP contribution in [-0.2, 0) is 0 Å². The van der Waals surface area contributed by atoms with Crippen molar-refractivity contribution in [1.82, 2.24) is 0 Å². The average Bonchev–Trinajstić information content (AvgIpc) is 0.848. The number of hydrogen-bond acceptors (Lipinski definition) is 20. The van der Waals surface area contributed by atoms with Crippen LogP contribution in [0, 0.1) is 0 Å². The summed E-state index contributed by atoms with van der Waals surface area (Å²) in [5.41, 5.74) is 1.98. The van der Waals surface area contributed by atoms with Crippen LogP contribution < -0.4 is 56.8 Å². The molecule has 0 heterocycles. The van der Waals surface area contributed by atoms with E-state index >= 15 is 0 Å². The minimum atomic E-state index is -0.705. The number of carbonyl (C=O) groups is 8. The van der Waals surface area contributed by atoms with E-state index < -0.39 is 47.8 Å². The van der Waals surface area contributed by atoms with Gasteiger partial charge >= 0.3 is 47.8 Å². The molecule has 0 fully saturated rings. The standard InChI is InChI=1S/C93H92O20/c1-3-5-7-9-11-13-15-18-60-102-74-44-28-66(29-45-74)86(94)106-78-52-36-70(37-53-78)90(98)110-82-24-22-26-84(64-82)112-92(100)72-40-56-80(57-41-72)108-88(96)68-32-48-76(49-33-68)104-62-20-17-21-63-105-77-50-34-69(35-51-77)89(97)109-81-58-42-73(43-59-81)93(101)113-85-27-23-25-83(65-85)111-91(99)71-38-54-79(55-39-71)107-87(95)67-30-46-75(47-31-67)103-61-19-16-14-12-10-8-6-4-2/h22-59,64-65H,3-21,60-63H2,1-2H3. The predicted octanol–water partition coefficient (Wildman–Crippen LogP) is 21.1. The van der Waals surface area contributed by atoms with Crippen molar-refractivity contribution in [2.75, 3.05) is 26.4 Å². The number of benzene rings is 10. The van der Waals surface area contributed by atoms with Crippen LogP contribution in [0.3, 0.4) is 0 Å². The van der Waals surface area contributed by atoms with E-state index in [1.54, 1.807) is 109 Å². The van der Waals surface area contributed by atoms with Gasteiger partial charge in [0.2, 0.25) is 0 Å².